The maximum absolute atomic E-state index is 13.0. The Morgan fingerprint density at radius 2 is 1.77 bits per heavy atom. The third-order valence-electron chi connectivity index (χ3n) is 5.09. The number of sulfonamides is 1. The zero-order valence-electron chi connectivity index (χ0n) is 17.4. The Labute approximate surface area is 181 Å². The van der Waals surface area contributed by atoms with Gasteiger partial charge in [0.1, 0.15) is 0 Å². The standard InChI is InChI=1S/C22H24N4O4S/c1-16-14-17(2)26(24-16)21-9-4-3-8-20(21)23-22(27)18-6-5-7-19(15-18)31(28,29)25-10-12-30-13-11-25/h3-9,14-15H,10-13H2,1-2H3,(H,23,27). The molecule has 162 valence electrons. The molecule has 4 rings (SSSR count). The number of carbonyl (C=O) groups excluding carboxylic acids is 1. The minimum absolute atomic E-state index is 0.0916. The van der Waals surface area contributed by atoms with E-state index in [0.717, 1.165) is 17.1 Å². The monoisotopic (exact) mass is 440 g/mol. The van der Waals surface area contributed by atoms with Gasteiger partial charge in [0.25, 0.3) is 5.91 Å². The molecule has 1 saturated heterocycles. The average Bonchev–Trinajstić information content (AvgIpc) is 3.12. The maximum atomic E-state index is 13.0. The lowest BCUT2D eigenvalue weighted by molar-refractivity contribution is 0.0730. The lowest BCUT2D eigenvalue weighted by Crippen LogP contribution is -2.40. The van der Waals surface area contributed by atoms with Crippen LogP contribution in [-0.4, -0.2) is 54.7 Å². The van der Waals surface area contributed by atoms with Gasteiger partial charge in [0.2, 0.25) is 10.0 Å². The molecule has 2 aromatic carbocycles. The van der Waals surface area contributed by atoms with Crippen molar-refractivity contribution < 1.29 is 17.9 Å². The number of hydrogen-bond acceptors (Lipinski definition) is 5. The molecule has 3 aromatic rings. The molecule has 1 aliphatic rings. The minimum atomic E-state index is -3.69. The highest BCUT2D eigenvalue weighted by molar-refractivity contribution is 7.89. The fourth-order valence-electron chi connectivity index (χ4n) is 3.57. The van der Waals surface area contributed by atoms with Gasteiger partial charge >= 0.3 is 0 Å². The Balaban J connectivity index is 1.61. The van der Waals surface area contributed by atoms with Crippen LogP contribution in [0.15, 0.2) is 59.5 Å². The van der Waals surface area contributed by atoms with Crippen LogP contribution in [0, 0.1) is 13.8 Å². The van der Waals surface area contributed by atoms with E-state index in [1.54, 1.807) is 22.9 Å². The number of carbonyl (C=O) groups is 1. The number of nitrogens with zero attached hydrogens (tertiary/aromatic N) is 3. The molecule has 1 aromatic heterocycles. The first-order valence-electron chi connectivity index (χ1n) is 9.98. The number of ether oxygens (including phenoxy) is 1. The molecule has 0 aliphatic carbocycles. The maximum Gasteiger partial charge on any atom is 0.255 e. The lowest BCUT2D eigenvalue weighted by Gasteiger charge is -2.26. The Hall–Kier alpha value is -3.01. The molecule has 0 spiro atoms. The van der Waals surface area contributed by atoms with Crippen molar-refractivity contribution >= 4 is 21.6 Å². The van der Waals surface area contributed by atoms with Gasteiger partial charge in [0, 0.05) is 24.3 Å². The lowest BCUT2D eigenvalue weighted by atomic mass is 10.2. The summed E-state index contributed by atoms with van der Waals surface area (Å²) in [5.41, 5.74) is 3.40. The van der Waals surface area contributed by atoms with Crippen LogP contribution in [0.5, 0.6) is 0 Å². The molecule has 1 amide bonds. The quantitative estimate of drug-likeness (QED) is 0.659. The van der Waals surface area contributed by atoms with Crippen molar-refractivity contribution in [3.05, 3.63) is 71.5 Å². The highest BCUT2D eigenvalue weighted by atomic mass is 32.2. The molecule has 31 heavy (non-hydrogen) atoms. The van der Waals surface area contributed by atoms with Crippen LogP contribution < -0.4 is 5.32 Å². The van der Waals surface area contributed by atoms with Crippen molar-refractivity contribution in [2.75, 3.05) is 31.6 Å². The minimum Gasteiger partial charge on any atom is -0.379 e. The van der Waals surface area contributed by atoms with Crippen LogP contribution >= 0.6 is 0 Å². The summed E-state index contributed by atoms with van der Waals surface area (Å²) in [5, 5.41) is 7.38. The average molecular weight is 441 g/mol. The highest BCUT2D eigenvalue weighted by Gasteiger charge is 2.27. The molecule has 0 saturated carbocycles. The van der Waals surface area contributed by atoms with Gasteiger partial charge in [0.15, 0.2) is 0 Å². The van der Waals surface area contributed by atoms with Crippen molar-refractivity contribution in [3.8, 4) is 5.69 Å². The topological polar surface area (TPSA) is 93.5 Å². The number of rotatable bonds is 5. The molecule has 0 unspecified atom stereocenters. The molecule has 0 atom stereocenters. The van der Waals surface area contributed by atoms with E-state index in [1.807, 2.05) is 38.1 Å². The van der Waals surface area contributed by atoms with Crippen molar-refractivity contribution in [1.29, 1.82) is 0 Å². The largest absolute Gasteiger partial charge is 0.379 e. The van der Waals surface area contributed by atoms with E-state index >= 15 is 0 Å². The summed E-state index contributed by atoms with van der Waals surface area (Å²) in [6.45, 7) is 5.18. The molecule has 8 nitrogen and oxygen atoms in total. The van der Waals surface area contributed by atoms with Gasteiger partial charge in [-0.1, -0.05) is 18.2 Å². The summed E-state index contributed by atoms with van der Waals surface area (Å²) in [5.74, 6) is -0.395. The third-order valence-corrected chi connectivity index (χ3v) is 6.99. The van der Waals surface area contributed by atoms with Gasteiger partial charge in [-0.2, -0.15) is 9.40 Å². The SMILES string of the molecule is Cc1cc(C)n(-c2ccccc2NC(=O)c2cccc(S(=O)(=O)N3CCOCC3)c2)n1. The summed E-state index contributed by atoms with van der Waals surface area (Å²) in [7, 11) is -3.69. The molecule has 1 fully saturated rings. The van der Waals surface area contributed by atoms with Gasteiger partial charge in [-0.25, -0.2) is 13.1 Å². The van der Waals surface area contributed by atoms with E-state index in [2.05, 4.69) is 10.4 Å². The molecule has 2 heterocycles. The number of morpholine rings is 1. The second-order valence-electron chi connectivity index (χ2n) is 7.35. The number of aromatic nitrogens is 2. The van der Waals surface area contributed by atoms with Crippen LogP contribution in [0.2, 0.25) is 0 Å². The van der Waals surface area contributed by atoms with Crippen molar-refractivity contribution in [2.24, 2.45) is 0 Å². The Kier molecular flexibility index (Phi) is 5.90. The second-order valence-corrected chi connectivity index (χ2v) is 9.29. The molecule has 0 radical (unpaired) electrons. The van der Waals surface area contributed by atoms with Crippen LogP contribution in [0.1, 0.15) is 21.7 Å². The number of amides is 1. The number of para-hydroxylation sites is 2. The first kappa shape index (κ1) is 21.2. The van der Waals surface area contributed by atoms with E-state index in [1.165, 1.54) is 16.4 Å². The molecular formula is C22H24N4O4S. The number of anilines is 1. The second kappa shape index (κ2) is 8.62. The van der Waals surface area contributed by atoms with Crippen molar-refractivity contribution in [2.45, 2.75) is 18.7 Å². The first-order valence-corrected chi connectivity index (χ1v) is 11.4. The smallest absolute Gasteiger partial charge is 0.255 e. The van der Waals surface area contributed by atoms with Gasteiger partial charge in [-0.15, -0.1) is 0 Å². The van der Waals surface area contributed by atoms with Gasteiger partial charge < -0.3 is 10.1 Å². The first-order chi connectivity index (χ1) is 14.9. The summed E-state index contributed by atoms with van der Waals surface area (Å²) < 4.78 is 34.2. The van der Waals surface area contributed by atoms with Gasteiger partial charge in [-0.3, -0.25) is 4.79 Å². The predicted octanol–water partition coefficient (Wildman–Crippen LogP) is 2.76. The number of benzene rings is 2. The number of aryl methyl sites for hydroxylation is 2. The highest BCUT2D eigenvalue weighted by Crippen LogP contribution is 2.23. The van der Waals surface area contributed by atoms with E-state index in [4.69, 9.17) is 4.74 Å². The van der Waals surface area contributed by atoms with E-state index in [-0.39, 0.29) is 10.5 Å². The fraction of sp³-hybridized carbons (Fsp3) is 0.273. The number of hydrogen-bond donors (Lipinski definition) is 1. The zero-order valence-corrected chi connectivity index (χ0v) is 18.2. The summed E-state index contributed by atoms with van der Waals surface area (Å²) in [6.07, 6.45) is 0. The van der Waals surface area contributed by atoms with Crippen LogP contribution in [0.4, 0.5) is 5.69 Å². The van der Waals surface area contributed by atoms with Gasteiger partial charge in [0.05, 0.1) is 35.2 Å². The molecular weight excluding hydrogens is 416 g/mol. The summed E-state index contributed by atoms with van der Waals surface area (Å²) >= 11 is 0. The Morgan fingerprint density at radius 1 is 1.03 bits per heavy atom. The van der Waals surface area contributed by atoms with Crippen LogP contribution in [0.3, 0.4) is 0 Å². The van der Waals surface area contributed by atoms with Gasteiger partial charge in [-0.05, 0) is 50.2 Å². The van der Waals surface area contributed by atoms with Crippen molar-refractivity contribution in [3.63, 3.8) is 0 Å². The Morgan fingerprint density at radius 3 is 2.48 bits per heavy atom. The van der Waals surface area contributed by atoms with E-state index < -0.39 is 15.9 Å². The normalized spacial score (nSPS) is 15.0. The zero-order chi connectivity index (χ0) is 22.0. The fourth-order valence-corrected chi connectivity index (χ4v) is 5.02. The van der Waals surface area contributed by atoms with E-state index in [9.17, 15) is 13.2 Å². The summed E-state index contributed by atoms with van der Waals surface area (Å²) in [4.78, 5) is 13.1. The molecule has 1 N–H and O–H groups in total. The molecule has 0 bridgehead atoms. The predicted molar refractivity (Wildman–Crippen MR) is 117 cm³/mol. The number of nitrogens with one attached hydrogen (secondary N) is 1. The molecule has 1 aliphatic heterocycles. The summed E-state index contributed by atoms with van der Waals surface area (Å²) in [6, 6.07) is 15.4. The van der Waals surface area contributed by atoms with Crippen molar-refractivity contribution in [1.82, 2.24) is 14.1 Å². The van der Waals surface area contributed by atoms with Crippen LogP contribution in [0.25, 0.3) is 5.69 Å². The van der Waals surface area contributed by atoms with Crippen LogP contribution in [-0.2, 0) is 14.8 Å². The van der Waals surface area contributed by atoms with E-state index in [0.29, 0.717) is 32.0 Å². The third kappa shape index (κ3) is 4.39. The Bertz CT molecular complexity index is 1210. The molecule has 9 heteroatoms.